The Labute approximate surface area is 66.7 Å². The molecule has 54 valence electrons. The molecular formula is C6H6BrNO2. The number of halogens is 1. The van der Waals surface area contributed by atoms with Crippen LogP contribution >= 0.6 is 15.9 Å². The van der Waals surface area contributed by atoms with Crippen molar-refractivity contribution in [1.29, 1.82) is 0 Å². The van der Waals surface area contributed by atoms with Crippen molar-refractivity contribution >= 4 is 22.1 Å². The Hall–Kier alpha value is -0.770. The third kappa shape index (κ3) is 1.88. The monoisotopic (exact) mass is 203 g/mol. The summed E-state index contributed by atoms with van der Waals surface area (Å²) in [6, 6.07) is 3.44. The van der Waals surface area contributed by atoms with Crippen molar-refractivity contribution in [3.63, 3.8) is 0 Å². The van der Waals surface area contributed by atoms with Crippen LogP contribution in [0.15, 0.2) is 21.2 Å². The van der Waals surface area contributed by atoms with E-state index in [4.69, 9.17) is 4.42 Å². The number of hydrogen-bond donors (Lipinski definition) is 0. The maximum atomic E-state index is 10.4. The van der Waals surface area contributed by atoms with E-state index in [1.54, 1.807) is 12.1 Å². The first kappa shape index (κ1) is 7.34. The van der Waals surface area contributed by atoms with Crippen LogP contribution in [0.2, 0.25) is 0 Å². The van der Waals surface area contributed by atoms with Crippen LogP contribution in [0.1, 0.15) is 5.76 Å². The third-order valence-electron chi connectivity index (χ3n) is 0.903. The number of furan rings is 1. The molecule has 0 aliphatic carbocycles. The first-order chi connectivity index (χ1) is 4.68. The van der Waals surface area contributed by atoms with Crippen molar-refractivity contribution in [2.45, 2.75) is 0 Å². The van der Waals surface area contributed by atoms with Gasteiger partial charge in [0.15, 0.2) is 10.4 Å². The summed E-state index contributed by atoms with van der Waals surface area (Å²) in [5, 5.41) is 10.4. The Bertz CT molecular complexity index is 250. The van der Waals surface area contributed by atoms with E-state index in [1.807, 2.05) is 0 Å². The summed E-state index contributed by atoms with van der Waals surface area (Å²) in [5.74, 6) is 0.546. The Balaban J connectivity index is 2.86. The molecule has 0 aromatic carbocycles. The van der Waals surface area contributed by atoms with Gasteiger partial charge in [0.05, 0.1) is 0 Å². The number of hydroxylamine groups is 1. The maximum Gasteiger partial charge on any atom is 0.217 e. The van der Waals surface area contributed by atoms with E-state index < -0.39 is 0 Å². The van der Waals surface area contributed by atoms with Gasteiger partial charge in [-0.15, -0.1) is 0 Å². The second-order valence-corrected chi connectivity index (χ2v) is 2.60. The predicted molar refractivity (Wildman–Crippen MR) is 41.1 cm³/mol. The summed E-state index contributed by atoms with van der Waals surface area (Å²) < 4.78 is 6.33. The van der Waals surface area contributed by atoms with Crippen LogP contribution in [0, 0.1) is 5.21 Å². The lowest BCUT2D eigenvalue weighted by Crippen LogP contribution is -1.95. The van der Waals surface area contributed by atoms with Crippen molar-refractivity contribution in [3.8, 4) is 0 Å². The minimum Gasteiger partial charge on any atom is -0.624 e. The topological polar surface area (TPSA) is 39.2 Å². The lowest BCUT2D eigenvalue weighted by molar-refractivity contribution is -0.417. The van der Waals surface area contributed by atoms with Crippen LogP contribution in [-0.2, 0) is 0 Å². The zero-order valence-electron chi connectivity index (χ0n) is 5.37. The molecule has 0 spiro atoms. The summed E-state index contributed by atoms with van der Waals surface area (Å²) in [7, 11) is 1.40. The van der Waals surface area contributed by atoms with Gasteiger partial charge in [0, 0.05) is 0 Å². The molecule has 0 amide bonds. The van der Waals surface area contributed by atoms with Crippen LogP contribution in [0.25, 0.3) is 0 Å². The Morgan fingerprint density at radius 1 is 1.70 bits per heavy atom. The highest BCUT2D eigenvalue weighted by Crippen LogP contribution is 2.11. The van der Waals surface area contributed by atoms with Gasteiger partial charge >= 0.3 is 0 Å². The minimum atomic E-state index is 0.546. The fourth-order valence-electron chi connectivity index (χ4n) is 0.577. The van der Waals surface area contributed by atoms with Crippen LogP contribution < -0.4 is 0 Å². The lowest BCUT2D eigenvalue weighted by Gasteiger charge is -1.90. The molecule has 0 fully saturated rings. The molecule has 10 heavy (non-hydrogen) atoms. The molecule has 0 bridgehead atoms. The van der Waals surface area contributed by atoms with Gasteiger partial charge in [-0.3, -0.25) is 0 Å². The van der Waals surface area contributed by atoms with E-state index >= 15 is 0 Å². The molecule has 0 saturated heterocycles. The van der Waals surface area contributed by atoms with E-state index in [-0.39, 0.29) is 0 Å². The molecule has 0 saturated carbocycles. The highest BCUT2D eigenvalue weighted by molar-refractivity contribution is 9.10. The standard InChI is InChI=1S/C6H6BrNO2/c1-8(9)4-5-2-3-6(7)10-5/h2-4H,1H3. The summed E-state index contributed by atoms with van der Waals surface area (Å²) in [4.78, 5) is 0. The first-order valence-corrected chi connectivity index (χ1v) is 3.48. The van der Waals surface area contributed by atoms with Crippen molar-refractivity contribution in [2.24, 2.45) is 0 Å². The van der Waals surface area contributed by atoms with E-state index in [0.29, 0.717) is 15.2 Å². The Morgan fingerprint density at radius 2 is 2.40 bits per heavy atom. The van der Waals surface area contributed by atoms with Gasteiger partial charge in [-0.1, -0.05) is 0 Å². The zero-order valence-corrected chi connectivity index (χ0v) is 6.96. The third-order valence-corrected chi connectivity index (χ3v) is 1.33. The van der Waals surface area contributed by atoms with Crippen molar-refractivity contribution < 1.29 is 9.16 Å². The summed E-state index contributed by atoms with van der Waals surface area (Å²) in [6.07, 6.45) is 1.35. The average molecular weight is 204 g/mol. The summed E-state index contributed by atoms with van der Waals surface area (Å²) >= 11 is 3.11. The largest absolute Gasteiger partial charge is 0.624 e. The molecule has 0 unspecified atom stereocenters. The van der Waals surface area contributed by atoms with Crippen molar-refractivity contribution in [1.82, 2.24) is 0 Å². The number of hydrogen-bond acceptors (Lipinski definition) is 2. The fourth-order valence-corrected chi connectivity index (χ4v) is 0.896. The SMILES string of the molecule is C[N+]([O-])=Cc1ccc(Br)o1. The van der Waals surface area contributed by atoms with Gasteiger partial charge in [-0.05, 0) is 28.1 Å². The molecule has 0 atom stereocenters. The molecular weight excluding hydrogens is 198 g/mol. The van der Waals surface area contributed by atoms with Gasteiger partial charge in [-0.2, -0.15) is 0 Å². The van der Waals surface area contributed by atoms with Crippen LogP contribution in [-0.4, -0.2) is 18.0 Å². The molecule has 1 rings (SSSR count). The molecule has 1 aromatic heterocycles. The van der Waals surface area contributed by atoms with Crippen molar-refractivity contribution in [3.05, 3.63) is 27.8 Å². The number of nitrogens with zero attached hydrogens (tertiary/aromatic N) is 1. The Morgan fingerprint density at radius 3 is 2.80 bits per heavy atom. The smallest absolute Gasteiger partial charge is 0.217 e. The van der Waals surface area contributed by atoms with E-state index in [2.05, 4.69) is 15.9 Å². The highest BCUT2D eigenvalue weighted by atomic mass is 79.9. The average Bonchev–Trinajstić information content (AvgIpc) is 2.13. The van der Waals surface area contributed by atoms with E-state index in [0.717, 1.165) is 0 Å². The molecule has 4 heteroatoms. The second-order valence-electron chi connectivity index (χ2n) is 1.82. The molecule has 0 aliphatic rings. The predicted octanol–water partition coefficient (Wildman–Crippen LogP) is 1.60. The highest BCUT2D eigenvalue weighted by Gasteiger charge is 1.97. The van der Waals surface area contributed by atoms with Gasteiger partial charge in [0.1, 0.15) is 7.05 Å². The Kier molecular flexibility index (Phi) is 2.11. The molecule has 1 aromatic rings. The lowest BCUT2D eigenvalue weighted by atomic mass is 10.5. The number of rotatable bonds is 1. The second kappa shape index (κ2) is 2.88. The van der Waals surface area contributed by atoms with Crippen LogP contribution in [0.4, 0.5) is 0 Å². The van der Waals surface area contributed by atoms with E-state index in [9.17, 15) is 5.21 Å². The quantitative estimate of drug-likeness (QED) is 0.301. The fraction of sp³-hybridized carbons (Fsp3) is 0.167. The van der Waals surface area contributed by atoms with Crippen molar-refractivity contribution in [2.75, 3.05) is 7.05 Å². The van der Waals surface area contributed by atoms with Gasteiger partial charge in [0.2, 0.25) is 6.21 Å². The molecule has 3 nitrogen and oxygen atoms in total. The van der Waals surface area contributed by atoms with Gasteiger partial charge in [-0.25, -0.2) is 4.74 Å². The van der Waals surface area contributed by atoms with Gasteiger partial charge < -0.3 is 9.62 Å². The van der Waals surface area contributed by atoms with Crippen LogP contribution in [0.5, 0.6) is 0 Å². The molecule has 1 heterocycles. The summed E-state index contributed by atoms with van der Waals surface area (Å²) in [6.45, 7) is 0. The molecule has 0 N–H and O–H groups in total. The zero-order chi connectivity index (χ0) is 7.56. The molecule has 0 aliphatic heterocycles. The maximum absolute atomic E-state index is 10.4. The summed E-state index contributed by atoms with van der Waals surface area (Å²) in [5.41, 5.74) is 0. The molecule has 0 radical (unpaired) electrons. The van der Waals surface area contributed by atoms with Gasteiger partial charge in [0.25, 0.3) is 0 Å². The minimum absolute atomic E-state index is 0.546. The van der Waals surface area contributed by atoms with Crippen LogP contribution in [0.3, 0.4) is 0 Å². The normalized spacial score (nSPS) is 12.0. The first-order valence-electron chi connectivity index (χ1n) is 2.68. The van der Waals surface area contributed by atoms with E-state index in [1.165, 1.54) is 13.3 Å².